The van der Waals surface area contributed by atoms with E-state index in [4.69, 9.17) is 0 Å². The molecule has 7 heterocycles. The Morgan fingerprint density at radius 1 is 0.912 bits per heavy atom. The number of aliphatic hydroxyl groups is 1. The monoisotopic (exact) mass is 1110 g/mol. The van der Waals surface area contributed by atoms with Crippen molar-refractivity contribution < 1.29 is 37.9 Å². The molecule has 5 amide bonds. The number of thiazole rings is 1. The van der Waals surface area contributed by atoms with E-state index in [1.807, 2.05) is 110 Å². The van der Waals surface area contributed by atoms with Crippen molar-refractivity contribution in [1.29, 1.82) is 0 Å². The van der Waals surface area contributed by atoms with Crippen LogP contribution < -0.4 is 20.9 Å². The summed E-state index contributed by atoms with van der Waals surface area (Å²) in [5, 5.41) is 31.3. The number of rotatable bonds is 15. The van der Waals surface area contributed by atoms with Gasteiger partial charge in [0.05, 0.1) is 58.0 Å². The lowest BCUT2D eigenvalue weighted by molar-refractivity contribution is -0.142. The number of aryl methyl sites for hydroxylation is 1. The van der Waals surface area contributed by atoms with Crippen LogP contribution in [0, 0.1) is 35.5 Å². The number of carbonyl (C=O) groups is 5. The average Bonchev–Trinajstić information content (AvgIpc) is 4.27. The molecule has 6 aromatic rings. The molecular weight excluding hydrogens is 1040 g/mol. The van der Waals surface area contributed by atoms with Gasteiger partial charge in [-0.3, -0.25) is 33.8 Å². The van der Waals surface area contributed by atoms with Gasteiger partial charge < -0.3 is 35.8 Å². The molecule has 3 saturated heterocycles. The maximum absolute atomic E-state index is 14.6. The molecule has 3 aliphatic heterocycles. The summed E-state index contributed by atoms with van der Waals surface area (Å²) in [5.74, 6) is -5.09. The Bertz CT molecular complexity index is 3290. The molecule has 7 atom stereocenters. The van der Waals surface area contributed by atoms with Crippen LogP contribution in [0.5, 0.6) is 0 Å². The van der Waals surface area contributed by atoms with E-state index in [1.54, 1.807) is 42.9 Å². The molecule has 420 valence electrons. The fraction of sp³-hybridized carbons (Fsp3) is 0.475. The van der Waals surface area contributed by atoms with E-state index in [2.05, 4.69) is 46.1 Å². The van der Waals surface area contributed by atoms with Crippen molar-refractivity contribution in [2.45, 2.75) is 116 Å². The normalized spacial score (nSPS) is 22.8. The van der Waals surface area contributed by atoms with Crippen molar-refractivity contribution in [3.8, 4) is 10.4 Å². The first kappa shape index (κ1) is 54.6. The molecule has 4 fully saturated rings. The van der Waals surface area contributed by atoms with E-state index in [-0.39, 0.29) is 72.9 Å². The zero-order chi connectivity index (χ0) is 56.4. The lowest BCUT2D eigenvalue weighted by atomic mass is 9.85. The first-order chi connectivity index (χ1) is 38.2. The summed E-state index contributed by atoms with van der Waals surface area (Å²) in [6.45, 7) is 13.4. The molecule has 4 aromatic heterocycles. The Hall–Kier alpha value is -7.39. The second-order valence-corrected chi connectivity index (χ2v) is 24.8. The highest BCUT2D eigenvalue weighted by atomic mass is 32.1. The Morgan fingerprint density at radius 3 is 2.33 bits per heavy atom. The predicted molar refractivity (Wildman–Crippen MR) is 297 cm³/mol. The van der Waals surface area contributed by atoms with E-state index >= 15 is 0 Å². The Balaban J connectivity index is 0.652. The van der Waals surface area contributed by atoms with E-state index in [9.17, 15) is 37.9 Å². The maximum Gasteiger partial charge on any atom is 0.276 e. The summed E-state index contributed by atoms with van der Waals surface area (Å²) in [4.78, 5) is 84.6. The number of H-pyrrole nitrogens is 1. The number of fused-ring (bicyclic) bond motifs is 2. The van der Waals surface area contributed by atoms with Crippen molar-refractivity contribution >= 4 is 52.2 Å². The van der Waals surface area contributed by atoms with Gasteiger partial charge in [-0.25, -0.2) is 18.7 Å². The molecule has 2 aliphatic carbocycles. The van der Waals surface area contributed by atoms with Gasteiger partial charge in [-0.05, 0) is 73.3 Å². The topological polar surface area (TPSA) is 224 Å². The highest BCUT2D eigenvalue weighted by molar-refractivity contribution is 7.13. The molecule has 18 nitrogen and oxygen atoms in total. The highest BCUT2D eigenvalue weighted by Gasteiger charge is 2.78. The van der Waals surface area contributed by atoms with E-state index in [0.717, 1.165) is 45.8 Å². The number of alkyl halides is 2. The quantitative estimate of drug-likeness (QED) is 0.0682. The molecule has 5 N–H and O–H groups in total. The standard InChI is InChI=1S/C59H68F2N12O6S/c1-33(36-12-14-38(15-13-36)51-34(2)63-32-80-51)65-54(77)46-23-42(74)31-72(46)56(79)52(57(3,4)5)67-53(76)44-17-16-41(27-62-44)70-20-18-35(19-21-70)22-48(75)71-28-39(29-71)50(37-10-8-7-9-11-37)73-30-40(26-64-73)66-55(78)49-43-24-47-58(6,59(47,60)61)25-45(43)68-69-49/h7-17,26-27,30,32-33,35,39,42,46-47,50,52,74H,18-25,28-29,31H2,1-6H3,(H,65,77)(H,66,78)(H,67,76)(H,68,69)/t33-,42+,46-,47-,50+,52+,58+/m0/s1. The maximum atomic E-state index is 14.6. The number of pyridine rings is 1. The number of aromatic nitrogens is 6. The third-order valence-corrected chi connectivity index (χ3v) is 18.4. The van der Waals surface area contributed by atoms with Gasteiger partial charge in [0.25, 0.3) is 17.7 Å². The summed E-state index contributed by atoms with van der Waals surface area (Å²) in [5.41, 5.74) is 6.52. The highest BCUT2D eigenvalue weighted by Crippen LogP contribution is 2.70. The van der Waals surface area contributed by atoms with Crippen LogP contribution >= 0.6 is 11.3 Å². The number of halogens is 2. The number of hydrogen-bond acceptors (Lipinski definition) is 12. The van der Waals surface area contributed by atoms with Crippen molar-refractivity contribution in [3.05, 3.63) is 130 Å². The number of benzene rings is 2. The molecule has 2 aromatic carbocycles. The Morgan fingerprint density at radius 2 is 1.65 bits per heavy atom. The van der Waals surface area contributed by atoms with Gasteiger partial charge in [0.2, 0.25) is 17.7 Å². The minimum atomic E-state index is -2.77. The molecule has 1 saturated carbocycles. The van der Waals surface area contributed by atoms with Crippen LogP contribution in [-0.2, 0) is 27.2 Å². The third-order valence-electron chi connectivity index (χ3n) is 17.5. The molecule has 5 aliphatic rings. The van der Waals surface area contributed by atoms with Crippen molar-refractivity contribution in [1.82, 2.24) is 50.4 Å². The lowest BCUT2D eigenvalue weighted by Crippen LogP contribution is -2.58. The molecule has 0 spiro atoms. The summed E-state index contributed by atoms with van der Waals surface area (Å²) in [6, 6.07) is 18.8. The van der Waals surface area contributed by atoms with Gasteiger partial charge in [0.15, 0.2) is 5.69 Å². The molecule has 11 rings (SSSR count). The van der Waals surface area contributed by atoms with Crippen molar-refractivity contribution in [3.63, 3.8) is 0 Å². The van der Waals surface area contributed by atoms with Crippen LogP contribution in [-0.4, -0.2) is 131 Å². The van der Waals surface area contributed by atoms with Crippen LogP contribution in [0.1, 0.15) is 121 Å². The summed E-state index contributed by atoms with van der Waals surface area (Å²) >= 11 is 1.57. The Labute approximate surface area is 467 Å². The number of aliphatic hydroxyl groups excluding tert-OH is 1. The number of hydrogen-bond donors (Lipinski definition) is 5. The number of nitrogens with one attached hydrogen (secondary N) is 4. The molecule has 0 bridgehead atoms. The van der Waals surface area contributed by atoms with Crippen LogP contribution in [0.2, 0.25) is 0 Å². The van der Waals surface area contributed by atoms with Gasteiger partial charge in [0.1, 0.15) is 17.8 Å². The smallest absolute Gasteiger partial charge is 0.276 e. The summed E-state index contributed by atoms with van der Waals surface area (Å²) in [7, 11) is 0. The zero-order valence-electron chi connectivity index (χ0n) is 45.8. The SMILES string of the molecule is Cc1ncsc1-c1ccc([C@H](C)NC(=O)[C@@H]2C[C@@H](O)CN2C(=O)[C@@H](NC(=O)c2ccc(N3CCC(CC(=O)N4CC([C@@H](c5ccccc5)n5cc(NC(=O)c6n[nH]c7c6C[C@@H]6C(F)(F)[C@]6(C)C7)cn5)C4)CC3)cn2)C(C)(C)C)cc1. The number of carbonyl (C=O) groups excluding carboxylic acids is 5. The average molecular weight is 1110 g/mol. The molecule has 0 unspecified atom stereocenters. The number of aromatic amines is 1. The first-order valence-corrected chi connectivity index (χ1v) is 28.5. The molecule has 21 heteroatoms. The lowest BCUT2D eigenvalue weighted by Gasteiger charge is -2.44. The number of piperidine rings is 1. The van der Waals surface area contributed by atoms with Crippen molar-refractivity contribution in [2.75, 3.05) is 42.9 Å². The van der Waals surface area contributed by atoms with E-state index in [0.29, 0.717) is 49.5 Å². The third kappa shape index (κ3) is 10.5. The van der Waals surface area contributed by atoms with Crippen LogP contribution in [0.25, 0.3) is 10.4 Å². The predicted octanol–water partition coefficient (Wildman–Crippen LogP) is 7.39. The fourth-order valence-corrected chi connectivity index (χ4v) is 13.3. The molecular formula is C59H68F2N12O6S. The molecule has 80 heavy (non-hydrogen) atoms. The zero-order valence-corrected chi connectivity index (χ0v) is 46.6. The van der Waals surface area contributed by atoms with Crippen LogP contribution in [0.15, 0.2) is 90.8 Å². The van der Waals surface area contributed by atoms with Gasteiger partial charge in [0, 0.05) is 86.7 Å². The first-order valence-electron chi connectivity index (χ1n) is 27.6. The van der Waals surface area contributed by atoms with E-state index < -0.39 is 58.6 Å². The van der Waals surface area contributed by atoms with Gasteiger partial charge >= 0.3 is 0 Å². The summed E-state index contributed by atoms with van der Waals surface area (Å²) in [6.07, 6.45) is 6.41. The van der Waals surface area contributed by atoms with Crippen LogP contribution in [0.4, 0.5) is 20.2 Å². The van der Waals surface area contributed by atoms with E-state index in [1.165, 1.54) is 4.90 Å². The minimum Gasteiger partial charge on any atom is -0.391 e. The summed E-state index contributed by atoms with van der Waals surface area (Å²) < 4.78 is 30.9. The van der Waals surface area contributed by atoms with Gasteiger partial charge in [-0.2, -0.15) is 10.2 Å². The second-order valence-electron chi connectivity index (χ2n) is 23.9. The number of nitrogens with zero attached hydrogens (tertiary/aromatic N) is 8. The Kier molecular flexibility index (Phi) is 14.5. The number of anilines is 2. The number of likely N-dealkylation sites (tertiary alicyclic amines) is 2. The second kappa shape index (κ2) is 21.3. The largest absolute Gasteiger partial charge is 0.391 e. The van der Waals surface area contributed by atoms with Crippen LogP contribution in [0.3, 0.4) is 0 Å². The number of amides is 5. The van der Waals surface area contributed by atoms with Crippen molar-refractivity contribution in [2.24, 2.45) is 28.6 Å². The van der Waals surface area contributed by atoms with Gasteiger partial charge in [-0.15, -0.1) is 11.3 Å². The minimum absolute atomic E-state index is 0.0455. The fourth-order valence-electron chi connectivity index (χ4n) is 12.4. The number of β-amino-alcohol motifs (C(OH)–C–C–N with tert-alkyl or cyclic N) is 1. The van der Waals surface area contributed by atoms with Gasteiger partial charge in [-0.1, -0.05) is 82.3 Å². The molecule has 0 radical (unpaired) electrons.